The van der Waals surface area contributed by atoms with Gasteiger partial charge < -0.3 is 4.90 Å². The maximum absolute atomic E-state index is 12.7. The minimum Gasteiger partial charge on any atom is -0.315 e. The van der Waals surface area contributed by atoms with E-state index in [1.54, 1.807) is 4.90 Å². The largest absolute Gasteiger partial charge is 0.315 e. The molecule has 2 aromatic heterocycles. The number of fused-ring (bicyclic) bond motifs is 1. The van der Waals surface area contributed by atoms with Crippen LogP contribution in [0.2, 0.25) is 0 Å². The molecule has 2 heterocycles. The van der Waals surface area contributed by atoms with Crippen molar-refractivity contribution < 1.29 is 4.79 Å². The smallest absolute Gasteiger partial charge is 0.262 e. The second-order valence-electron chi connectivity index (χ2n) is 5.87. The first kappa shape index (κ1) is 15.9. The van der Waals surface area contributed by atoms with E-state index in [9.17, 15) is 9.59 Å². The number of allylic oxidation sites excluding steroid dienone is 2. The van der Waals surface area contributed by atoms with Crippen LogP contribution in [-0.2, 0) is 11.3 Å². The van der Waals surface area contributed by atoms with Gasteiger partial charge in [0.25, 0.3) is 5.56 Å². The van der Waals surface area contributed by atoms with Crippen molar-refractivity contribution in [3.05, 3.63) is 38.9 Å². The van der Waals surface area contributed by atoms with Gasteiger partial charge in [-0.05, 0) is 45.6 Å². The fourth-order valence-corrected chi connectivity index (χ4v) is 4.04. The summed E-state index contributed by atoms with van der Waals surface area (Å²) in [5.41, 5.74) is 1.93. The number of likely N-dealkylation sites (N-methyl/N-ethyl adjacent to an activating group) is 1. The molecule has 1 amide bonds. The molecule has 0 radical (unpaired) electrons. The van der Waals surface area contributed by atoms with Gasteiger partial charge in [-0.25, -0.2) is 4.98 Å². The molecule has 0 spiro atoms. The zero-order chi connectivity index (χ0) is 16.6. The molecule has 1 aliphatic rings. The number of rotatable bonds is 4. The van der Waals surface area contributed by atoms with Gasteiger partial charge in [-0.1, -0.05) is 6.08 Å². The molecule has 1 aliphatic carbocycles. The lowest BCUT2D eigenvalue weighted by molar-refractivity contribution is -0.129. The zero-order valence-corrected chi connectivity index (χ0v) is 14.6. The monoisotopic (exact) mass is 331 g/mol. The average Bonchev–Trinajstić information content (AvgIpc) is 3.13. The summed E-state index contributed by atoms with van der Waals surface area (Å²) in [5, 5.41) is 0.644. The SMILES string of the molecule is CCN(C(=O)Cn1cnc2sc(C)c(C)c2c1=O)C1=CCCC1. The summed E-state index contributed by atoms with van der Waals surface area (Å²) in [5.74, 6) is -0.0477. The van der Waals surface area contributed by atoms with Gasteiger partial charge in [0.15, 0.2) is 0 Å². The summed E-state index contributed by atoms with van der Waals surface area (Å²) in [6.45, 7) is 6.56. The van der Waals surface area contributed by atoms with E-state index in [1.165, 1.54) is 22.2 Å². The van der Waals surface area contributed by atoms with Crippen LogP contribution in [0.5, 0.6) is 0 Å². The Balaban J connectivity index is 1.92. The summed E-state index contributed by atoms with van der Waals surface area (Å²) in [4.78, 5) is 33.3. The lowest BCUT2D eigenvalue weighted by atomic mass is 10.2. The number of aromatic nitrogens is 2. The highest BCUT2D eigenvalue weighted by molar-refractivity contribution is 7.18. The van der Waals surface area contributed by atoms with Gasteiger partial charge in [0.2, 0.25) is 5.91 Å². The first-order chi connectivity index (χ1) is 11.0. The van der Waals surface area contributed by atoms with Crippen LogP contribution in [0.15, 0.2) is 22.9 Å². The Bertz CT molecular complexity index is 847. The minimum atomic E-state index is -0.123. The molecule has 0 N–H and O–H groups in total. The van der Waals surface area contributed by atoms with Crippen LogP contribution in [-0.4, -0.2) is 26.9 Å². The Morgan fingerprint density at radius 3 is 2.87 bits per heavy atom. The number of carbonyl (C=O) groups is 1. The second-order valence-corrected chi connectivity index (χ2v) is 7.07. The standard InChI is InChI=1S/C17H21N3O2S/c1-4-20(13-7-5-6-8-13)14(21)9-19-10-18-16-15(17(19)22)11(2)12(3)23-16/h7,10H,4-6,8-9H2,1-3H3. The van der Waals surface area contributed by atoms with E-state index < -0.39 is 0 Å². The topological polar surface area (TPSA) is 55.2 Å². The molecular weight excluding hydrogens is 310 g/mol. The molecule has 0 saturated heterocycles. The second kappa shape index (κ2) is 6.28. The van der Waals surface area contributed by atoms with Gasteiger partial charge in [-0.2, -0.15) is 0 Å². The molecule has 0 aliphatic heterocycles. The lowest BCUT2D eigenvalue weighted by Gasteiger charge is -2.22. The summed E-state index contributed by atoms with van der Waals surface area (Å²) in [6, 6.07) is 0. The van der Waals surface area contributed by atoms with Crippen LogP contribution in [0.4, 0.5) is 0 Å². The molecule has 2 aromatic rings. The van der Waals surface area contributed by atoms with E-state index in [2.05, 4.69) is 11.1 Å². The van der Waals surface area contributed by atoms with Gasteiger partial charge >= 0.3 is 0 Å². The van der Waals surface area contributed by atoms with Crippen LogP contribution in [0.1, 0.15) is 36.6 Å². The summed E-state index contributed by atoms with van der Waals surface area (Å²) in [6.07, 6.45) is 6.68. The van der Waals surface area contributed by atoms with Crippen LogP contribution in [0.25, 0.3) is 10.2 Å². The highest BCUT2D eigenvalue weighted by atomic mass is 32.1. The molecule has 0 unspecified atom stereocenters. The summed E-state index contributed by atoms with van der Waals surface area (Å²) < 4.78 is 1.43. The number of aryl methyl sites for hydroxylation is 2. The number of amides is 1. The van der Waals surface area contributed by atoms with Gasteiger partial charge in [-0.15, -0.1) is 11.3 Å². The minimum absolute atomic E-state index is 0.0429. The number of hydrogen-bond acceptors (Lipinski definition) is 4. The van der Waals surface area contributed by atoms with Crippen molar-refractivity contribution >= 4 is 27.5 Å². The van der Waals surface area contributed by atoms with Crippen molar-refractivity contribution in [2.45, 2.75) is 46.6 Å². The Kier molecular flexibility index (Phi) is 4.35. The van der Waals surface area contributed by atoms with Crippen molar-refractivity contribution in [3.63, 3.8) is 0 Å². The van der Waals surface area contributed by atoms with E-state index >= 15 is 0 Å². The van der Waals surface area contributed by atoms with E-state index in [0.29, 0.717) is 11.9 Å². The van der Waals surface area contributed by atoms with Crippen LogP contribution in [0, 0.1) is 13.8 Å². The average molecular weight is 331 g/mol. The Labute approximate surface area is 139 Å². The van der Waals surface area contributed by atoms with Crippen molar-refractivity contribution in [2.24, 2.45) is 0 Å². The molecule has 6 heteroatoms. The quantitative estimate of drug-likeness (QED) is 0.865. The predicted octanol–water partition coefficient (Wildman–Crippen LogP) is 2.99. The van der Waals surface area contributed by atoms with E-state index in [4.69, 9.17) is 0 Å². The van der Waals surface area contributed by atoms with Gasteiger partial charge in [-0.3, -0.25) is 14.2 Å². The molecule has 0 atom stereocenters. The Hall–Kier alpha value is -1.95. The predicted molar refractivity (Wildman–Crippen MR) is 92.7 cm³/mol. The van der Waals surface area contributed by atoms with Crippen LogP contribution in [0.3, 0.4) is 0 Å². The van der Waals surface area contributed by atoms with Crippen molar-refractivity contribution in [2.75, 3.05) is 6.54 Å². The summed E-state index contributed by atoms with van der Waals surface area (Å²) in [7, 11) is 0. The van der Waals surface area contributed by atoms with E-state index in [0.717, 1.165) is 40.2 Å². The highest BCUT2D eigenvalue weighted by Crippen LogP contribution is 2.25. The third kappa shape index (κ3) is 2.83. The van der Waals surface area contributed by atoms with Crippen molar-refractivity contribution in [3.8, 4) is 0 Å². The molecule has 0 fully saturated rings. The van der Waals surface area contributed by atoms with Gasteiger partial charge in [0.1, 0.15) is 11.4 Å². The van der Waals surface area contributed by atoms with Crippen LogP contribution < -0.4 is 5.56 Å². The Morgan fingerprint density at radius 1 is 1.43 bits per heavy atom. The fourth-order valence-electron chi connectivity index (χ4n) is 3.05. The number of carbonyl (C=O) groups excluding carboxylic acids is 1. The molecule has 5 nitrogen and oxygen atoms in total. The maximum Gasteiger partial charge on any atom is 0.262 e. The zero-order valence-electron chi connectivity index (χ0n) is 13.8. The van der Waals surface area contributed by atoms with Crippen molar-refractivity contribution in [1.82, 2.24) is 14.5 Å². The number of nitrogens with zero attached hydrogens (tertiary/aromatic N) is 3. The molecule has 3 rings (SSSR count). The third-order valence-electron chi connectivity index (χ3n) is 4.44. The molecule has 0 bridgehead atoms. The highest BCUT2D eigenvalue weighted by Gasteiger charge is 2.20. The first-order valence-corrected chi connectivity index (χ1v) is 8.79. The number of hydrogen-bond donors (Lipinski definition) is 0. The first-order valence-electron chi connectivity index (χ1n) is 7.97. The molecule has 0 aromatic carbocycles. The van der Waals surface area contributed by atoms with E-state index in [1.807, 2.05) is 20.8 Å². The Morgan fingerprint density at radius 2 is 2.22 bits per heavy atom. The van der Waals surface area contributed by atoms with Crippen molar-refractivity contribution in [1.29, 1.82) is 0 Å². The van der Waals surface area contributed by atoms with Crippen LogP contribution >= 0.6 is 11.3 Å². The lowest BCUT2D eigenvalue weighted by Crippen LogP contribution is -2.35. The summed E-state index contributed by atoms with van der Waals surface area (Å²) >= 11 is 1.52. The maximum atomic E-state index is 12.7. The van der Waals surface area contributed by atoms with Gasteiger partial charge in [0.05, 0.1) is 11.7 Å². The number of thiophene rings is 1. The fraction of sp³-hybridized carbons (Fsp3) is 0.471. The van der Waals surface area contributed by atoms with E-state index in [-0.39, 0.29) is 18.0 Å². The third-order valence-corrected chi connectivity index (χ3v) is 5.56. The molecular formula is C17H21N3O2S. The molecule has 0 saturated carbocycles. The van der Waals surface area contributed by atoms with Gasteiger partial charge in [0, 0.05) is 17.1 Å². The molecule has 23 heavy (non-hydrogen) atoms. The normalized spacial score (nSPS) is 14.3. The molecule has 122 valence electrons.